The van der Waals surface area contributed by atoms with Crippen LogP contribution < -0.4 is 10.6 Å². The number of hydrogen-bond donors (Lipinski definition) is 2. The Balaban J connectivity index is 1.22. The highest BCUT2D eigenvalue weighted by atomic mass is 15.3. The molecule has 2 atom stereocenters. The first-order valence-corrected chi connectivity index (χ1v) is 11.7. The van der Waals surface area contributed by atoms with E-state index in [0.717, 1.165) is 31.6 Å². The van der Waals surface area contributed by atoms with Crippen molar-refractivity contribution in [1.82, 2.24) is 20.4 Å². The van der Waals surface area contributed by atoms with Gasteiger partial charge in [0.05, 0.1) is 0 Å². The van der Waals surface area contributed by atoms with Crippen molar-refractivity contribution in [2.45, 2.75) is 82.1 Å². The molecule has 2 N–H and O–H groups in total. The third-order valence-electron chi connectivity index (χ3n) is 7.36. The second-order valence-electron chi connectivity index (χ2n) is 9.27. The summed E-state index contributed by atoms with van der Waals surface area (Å²) in [4.78, 5) is 9.77. The molecule has 0 radical (unpaired) electrons. The number of piperidine rings is 1. The number of benzene rings is 1. The fourth-order valence-electron chi connectivity index (χ4n) is 5.71. The summed E-state index contributed by atoms with van der Waals surface area (Å²) in [6.45, 7) is 3.15. The van der Waals surface area contributed by atoms with E-state index in [2.05, 4.69) is 62.8 Å². The van der Waals surface area contributed by atoms with Crippen LogP contribution in [0.25, 0.3) is 0 Å². The van der Waals surface area contributed by atoms with Gasteiger partial charge in [0.2, 0.25) is 0 Å². The van der Waals surface area contributed by atoms with Gasteiger partial charge in [-0.2, -0.15) is 0 Å². The van der Waals surface area contributed by atoms with E-state index in [1.54, 1.807) is 0 Å². The highest BCUT2D eigenvalue weighted by molar-refractivity contribution is 5.80. The largest absolute Gasteiger partial charge is 0.355 e. The minimum Gasteiger partial charge on any atom is -0.355 e. The lowest BCUT2D eigenvalue weighted by molar-refractivity contribution is 0.114. The summed E-state index contributed by atoms with van der Waals surface area (Å²) in [5, 5.41) is 7.28. The molecule has 3 fully saturated rings. The highest BCUT2D eigenvalue weighted by Gasteiger charge is 2.40. The van der Waals surface area contributed by atoms with E-state index in [-0.39, 0.29) is 0 Å². The minimum absolute atomic E-state index is 0.540. The van der Waals surface area contributed by atoms with E-state index < -0.39 is 0 Å². The molecule has 5 nitrogen and oxygen atoms in total. The van der Waals surface area contributed by atoms with E-state index in [0.29, 0.717) is 18.1 Å². The number of nitrogens with one attached hydrogen (secondary N) is 2. The third kappa shape index (κ3) is 5.32. The summed E-state index contributed by atoms with van der Waals surface area (Å²) in [5.41, 5.74) is 1.44. The summed E-state index contributed by atoms with van der Waals surface area (Å²) in [6.07, 6.45) is 10.7. The summed E-state index contributed by atoms with van der Waals surface area (Å²) in [5.74, 6) is 0.978. The Morgan fingerprint density at radius 2 is 1.76 bits per heavy atom. The van der Waals surface area contributed by atoms with Crippen molar-refractivity contribution < 1.29 is 0 Å². The summed E-state index contributed by atoms with van der Waals surface area (Å²) >= 11 is 0. The van der Waals surface area contributed by atoms with Gasteiger partial charge in [-0.1, -0.05) is 43.2 Å². The third-order valence-corrected chi connectivity index (χ3v) is 7.36. The van der Waals surface area contributed by atoms with Crippen molar-refractivity contribution in [2.75, 3.05) is 27.2 Å². The Bertz CT molecular complexity index is 640. The maximum absolute atomic E-state index is 4.50. The quantitative estimate of drug-likeness (QED) is 0.548. The Morgan fingerprint density at radius 1 is 1.07 bits per heavy atom. The van der Waals surface area contributed by atoms with Gasteiger partial charge in [-0.3, -0.25) is 9.89 Å². The molecule has 1 saturated carbocycles. The van der Waals surface area contributed by atoms with Crippen LogP contribution in [0.15, 0.2) is 35.3 Å². The number of hydrogen-bond acceptors (Lipinski definition) is 3. The lowest BCUT2D eigenvalue weighted by atomic mass is 9.96. The molecule has 2 heterocycles. The van der Waals surface area contributed by atoms with E-state index in [9.17, 15) is 0 Å². The molecular formula is C24H39N5. The van der Waals surface area contributed by atoms with E-state index in [4.69, 9.17) is 0 Å². The van der Waals surface area contributed by atoms with Crippen molar-refractivity contribution in [1.29, 1.82) is 0 Å². The first kappa shape index (κ1) is 20.7. The maximum Gasteiger partial charge on any atom is 0.191 e. The van der Waals surface area contributed by atoms with E-state index >= 15 is 0 Å². The predicted molar refractivity (Wildman–Crippen MR) is 121 cm³/mol. The van der Waals surface area contributed by atoms with Gasteiger partial charge in [0.15, 0.2) is 5.96 Å². The average molecular weight is 398 g/mol. The van der Waals surface area contributed by atoms with Crippen molar-refractivity contribution in [3.63, 3.8) is 0 Å². The zero-order valence-corrected chi connectivity index (χ0v) is 18.3. The van der Waals surface area contributed by atoms with Crippen LogP contribution in [-0.2, 0) is 6.54 Å². The molecule has 4 rings (SSSR count). The van der Waals surface area contributed by atoms with E-state index in [1.165, 1.54) is 56.9 Å². The lowest BCUT2D eigenvalue weighted by Crippen LogP contribution is -2.53. The molecule has 5 heteroatoms. The summed E-state index contributed by atoms with van der Waals surface area (Å²) in [7, 11) is 4.17. The van der Waals surface area contributed by atoms with Crippen LogP contribution in [0.2, 0.25) is 0 Å². The van der Waals surface area contributed by atoms with Crippen LogP contribution >= 0.6 is 0 Å². The van der Waals surface area contributed by atoms with Crippen LogP contribution in [0, 0.1) is 0 Å². The van der Waals surface area contributed by atoms with Gasteiger partial charge in [0.1, 0.15) is 0 Å². The molecule has 29 heavy (non-hydrogen) atoms. The molecule has 1 aromatic rings. The molecule has 160 valence electrons. The topological polar surface area (TPSA) is 42.9 Å². The zero-order valence-electron chi connectivity index (χ0n) is 18.3. The van der Waals surface area contributed by atoms with Gasteiger partial charge < -0.3 is 15.5 Å². The molecule has 2 unspecified atom stereocenters. The van der Waals surface area contributed by atoms with Crippen LogP contribution in [0.3, 0.4) is 0 Å². The fourth-order valence-corrected chi connectivity index (χ4v) is 5.71. The van der Waals surface area contributed by atoms with Crippen LogP contribution in [-0.4, -0.2) is 67.1 Å². The fraction of sp³-hybridized carbons (Fsp3) is 0.708. The number of rotatable bonds is 7. The Labute approximate surface area is 176 Å². The number of fused-ring (bicyclic) bond motifs is 2. The normalized spacial score (nSPS) is 28.2. The van der Waals surface area contributed by atoms with Gasteiger partial charge in [0.25, 0.3) is 0 Å². The molecule has 2 saturated heterocycles. The summed E-state index contributed by atoms with van der Waals surface area (Å²) in [6, 6.07) is 13.7. The molecule has 0 aromatic heterocycles. The van der Waals surface area contributed by atoms with Gasteiger partial charge in [-0.05, 0) is 51.1 Å². The van der Waals surface area contributed by atoms with Crippen molar-refractivity contribution in [3.8, 4) is 0 Å². The zero-order chi connectivity index (χ0) is 20.1. The van der Waals surface area contributed by atoms with Gasteiger partial charge >= 0.3 is 0 Å². The van der Waals surface area contributed by atoms with Crippen LogP contribution in [0.5, 0.6) is 0 Å². The Kier molecular flexibility index (Phi) is 7.09. The van der Waals surface area contributed by atoms with Gasteiger partial charge in [-0.15, -0.1) is 0 Å². The van der Waals surface area contributed by atoms with E-state index in [1.807, 2.05) is 7.05 Å². The summed E-state index contributed by atoms with van der Waals surface area (Å²) < 4.78 is 0. The molecule has 0 amide bonds. The molecule has 1 aliphatic carbocycles. The number of aliphatic imine (C=N–C) groups is 1. The molecule has 0 spiro atoms. The molecule has 1 aromatic carbocycles. The first-order chi connectivity index (χ1) is 14.2. The Hall–Kier alpha value is -1.59. The monoisotopic (exact) mass is 397 g/mol. The lowest BCUT2D eigenvalue weighted by Gasteiger charge is -2.39. The SMILES string of the molecule is CN=C(NCCN(C)C1CCCC1)NC1CC2CCC(C1)N2Cc1ccccc1. The van der Waals surface area contributed by atoms with Crippen molar-refractivity contribution in [2.24, 2.45) is 4.99 Å². The van der Waals surface area contributed by atoms with Gasteiger partial charge in [-0.25, -0.2) is 0 Å². The standard InChI is InChI=1S/C24H39N5/c1-25-24(26-14-15-28(2)21-10-6-7-11-21)27-20-16-22-12-13-23(17-20)29(22)18-19-8-4-3-5-9-19/h3-5,8-9,20-23H,6-7,10-18H2,1-2H3,(H2,25,26,27). The molecule has 3 aliphatic rings. The number of likely N-dealkylation sites (N-methyl/N-ethyl adjacent to an activating group) is 1. The first-order valence-electron chi connectivity index (χ1n) is 11.7. The maximum atomic E-state index is 4.50. The molecular weight excluding hydrogens is 358 g/mol. The second-order valence-corrected chi connectivity index (χ2v) is 9.27. The van der Waals surface area contributed by atoms with Crippen molar-refractivity contribution in [3.05, 3.63) is 35.9 Å². The number of nitrogens with zero attached hydrogens (tertiary/aromatic N) is 3. The van der Waals surface area contributed by atoms with Crippen LogP contribution in [0.4, 0.5) is 0 Å². The molecule has 2 bridgehead atoms. The minimum atomic E-state index is 0.540. The average Bonchev–Trinajstić information content (AvgIpc) is 3.35. The number of guanidine groups is 1. The van der Waals surface area contributed by atoms with Gasteiger partial charge in [0, 0.05) is 50.8 Å². The highest BCUT2D eigenvalue weighted by Crippen LogP contribution is 2.36. The Morgan fingerprint density at radius 3 is 2.41 bits per heavy atom. The predicted octanol–water partition coefficient (Wildman–Crippen LogP) is 3.22. The smallest absolute Gasteiger partial charge is 0.191 e. The second kappa shape index (κ2) is 9.94. The van der Waals surface area contributed by atoms with Crippen molar-refractivity contribution >= 4 is 5.96 Å². The molecule has 2 aliphatic heterocycles. The van der Waals surface area contributed by atoms with Crippen LogP contribution in [0.1, 0.15) is 56.9 Å².